The summed E-state index contributed by atoms with van der Waals surface area (Å²) in [6.45, 7) is 11.3. The maximum atomic E-state index is 13.5. The summed E-state index contributed by atoms with van der Waals surface area (Å²) in [6.07, 6.45) is 8.35. The molecule has 366 valence electrons. The zero-order valence-corrected chi connectivity index (χ0v) is 41.0. The van der Waals surface area contributed by atoms with Crippen LogP contribution in [-0.2, 0) is 37.4 Å². The van der Waals surface area contributed by atoms with E-state index < -0.39 is 34.1 Å². The van der Waals surface area contributed by atoms with E-state index in [0.717, 1.165) is 119 Å². The second kappa shape index (κ2) is 22.1. The standard InChI is InChI=1S/C53H66N8O7S/c1-36-31-37(2)50(38(3)32-36)69(67,68)57-40-19-22-45-44(33-40)55-47(60(45)35-39-15-9-7-10-16-39)17-11-5-4-6-13-25-54-48(62)18-12-8-14-26-58-27-29-59(30-28-58)41-20-21-42-43(34-41)53(66)61(52(42)65)46-23-24-49(63)56-51(46)64/h7,9-10,15-16,19-22,31-34,46,52,57,65H,4-6,8,11-14,17-18,23-30,35H2,1-3H3,(H,54,62)(H,56,63,64). The van der Waals surface area contributed by atoms with Crippen LogP contribution in [-0.4, -0.2) is 102 Å². The number of nitrogens with zero attached hydrogens (tertiary/aromatic N) is 5. The van der Waals surface area contributed by atoms with Crippen molar-refractivity contribution in [3.8, 4) is 0 Å². The van der Waals surface area contributed by atoms with E-state index in [1.54, 1.807) is 6.07 Å². The Kier molecular flexibility index (Phi) is 15.8. The summed E-state index contributed by atoms with van der Waals surface area (Å²) in [4.78, 5) is 61.3. The molecule has 0 spiro atoms. The maximum Gasteiger partial charge on any atom is 0.262 e. The summed E-state index contributed by atoms with van der Waals surface area (Å²) in [7, 11) is -3.80. The number of hydrogen-bond acceptors (Lipinski definition) is 10. The molecule has 4 amide bonds. The highest BCUT2D eigenvalue weighted by Crippen LogP contribution is 2.37. The first kappa shape index (κ1) is 49.3. The molecule has 2 unspecified atom stereocenters. The van der Waals surface area contributed by atoms with Crippen molar-refractivity contribution in [2.45, 2.75) is 122 Å². The zero-order valence-electron chi connectivity index (χ0n) is 40.1. The number of carbonyl (C=O) groups excluding carboxylic acids is 4. The van der Waals surface area contributed by atoms with Crippen molar-refractivity contribution in [3.05, 3.63) is 118 Å². The summed E-state index contributed by atoms with van der Waals surface area (Å²) in [5.41, 5.74) is 7.61. The van der Waals surface area contributed by atoms with Gasteiger partial charge in [-0.25, -0.2) is 13.4 Å². The highest BCUT2D eigenvalue weighted by Gasteiger charge is 2.44. The summed E-state index contributed by atoms with van der Waals surface area (Å²) in [5, 5.41) is 16.3. The number of fused-ring (bicyclic) bond motifs is 2. The number of piperidine rings is 1. The van der Waals surface area contributed by atoms with Crippen LogP contribution in [0.15, 0.2) is 83.8 Å². The quantitative estimate of drug-likeness (QED) is 0.0439. The third kappa shape index (κ3) is 11.9. The number of piperazine rings is 1. The second-order valence-electron chi connectivity index (χ2n) is 19.0. The lowest BCUT2D eigenvalue weighted by atomic mass is 10.0. The van der Waals surface area contributed by atoms with Crippen molar-refractivity contribution in [1.82, 2.24) is 30.0 Å². The van der Waals surface area contributed by atoms with Gasteiger partial charge in [0.25, 0.3) is 15.9 Å². The van der Waals surface area contributed by atoms with Crippen LogP contribution in [0.4, 0.5) is 11.4 Å². The number of aliphatic hydroxyl groups excluding tert-OH is 1. The van der Waals surface area contributed by atoms with Gasteiger partial charge in [0.15, 0.2) is 6.23 Å². The van der Waals surface area contributed by atoms with E-state index in [0.29, 0.717) is 52.3 Å². The minimum atomic E-state index is -3.80. The molecule has 0 saturated carbocycles. The average Bonchev–Trinajstić information content (AvgIpc) is 3.77. The minimum Gasteiger partial charge on any atom is -0.369 e. The van der Waals surface area contributed by atoms with E-state index in [1.807, 2.05) is 81.4 Å². The second-order valence-corrected chi connectivity index (χ2v) is 20.6. The first-order valence-electron chi connectivity index (χ1n) is 24.6. The number of aromatic nitrogens is 2. The van der Waals surface area contributed by atoms with Crippen molar-refractivity contribution >= 4 is 56.1 Å². The summed E-state index contributed by atoms with van der Waals surface area (Å²) >= 11 is 0. The van der Waals surface area contributed by atoms with Gasteiger partial charge in [-0.15, -0.1) is 0 Å². The monoisotopic (exact) mass is 958 g/mol. The molecule has 4 aromatic carbocycles. The van der Waals surface area contributed by atoms with Gasteiger partial charge in [0.05, 0.1) is 21.6 Å². The number of nitrogens with one attached hydrogen (secondary N) is 3. The first-order chi connectivity index (χ1) is 33.3. The van der Waals surface area contributed by atoms with Gasteiger partial charge in [-0.1, -0.05) is 79.8 Å². The summed E-state index contributed by atoms with van der Waals surface area (Å²) < 4.78 is 32.1. The van der Waals surface area contributed by atoms with Crippen LogP contribution >= 0.6 is 0 Å². The molecule has 1 aromatic heterocycles. The van der Waals surface area contributed by atoms with Crippen LogP contribution in [0, 0.1) is 20.8 Å². The number of amides is 4. The molecule has 5 aromatic rings. The fraction of sp³-hybridized carbons (Fsp3) is 0.453. The Hall–Kier alpha value is -6.10. The van der Waals surface area contributed by atoms with Crippen molar-refractivity contribution in [2.24, 2.45) is 0 Å². The Morgan fingerprint density at radius 3 is 2.30 bits per heavy atom. The van der Waals surface area contributed by atoms with Gasteiger partial charge in [-0.05, 0) is 106 Å². The molecule has 2 fully saturated rings. The van der Waals surface area contributed by atoms with E-state index in [4.69, 9.17) is 4.98 Å². The molecule has 0 bridgehead atoms. The van der Waals surface area contributed by atoms with E-state index >= 15 is 0 Å². The first-order valence-corrected chi connectivity index (χ1v) is 26.1. The third-order valence-corrected chi connectivity index (χ3v) is 15.4. The fourth-order valence-corrected chi connectivity index (χ4v) is 11.8. The van der Waals surface area contributed by atoms with Crippen molar-refractivity contribution in [2.75, 3.05) is 48.9 Å². The number of imide groups is 1. The largest absolute Gasteiger partial charge is 0.369 e. The van der Waals surface area contributed by atoms with Gasteiger partial charge < -0.3 is 19.9 Å². The Bertz CT molecular complexity index is 2760. The van der Waals surface area contributed by atoms with Crippen LogP contribution in [0.5, 0.6) is 0 Å². The van der Waals surface area contributed by atoms with E-state index in [2.05, 4.69) is 41.9 Å². The third-order valence-electron chi connectivity index (χ3n) is 13.7. The van der Waals surface area contributed by atoms with Crippen molar-refractivity contribution in [1.29, 1.82) is 0 Å². The van der Waals surface area contributed by atoms with E-state index in [1.165, 1.54) is 10.5 Å². The molecule has 8 rings (SSSR count). The predicted molar refractivity (Wildman–Crippen MR) is 267 cm³/mol. The van der Waals surface area contributed by atoms with Crippen LogP contribution in [0.25, 0.3) is 11.0 Å². The van der Waals surface area contributed by atoms with Crippen molar-refractivity contribution in [3.63, 3.8) is 0 Å². The van der Waals surface area contributed by atoms with E-state index in [9.17, 15) is 32.7 Å². The lowest BCUT2D eigenvalue weighted by molar-refractivity contribution is -0.139. The SMILES string of the molecule is Cc1cc(C)c(S(=O)(=O)Nc2ccc3c(c2)nc(CCCCCCCNC(=O)CCCCCN2CCN(c4ccc5c(c4)C(=O)N(C4CCC(=O)NC4=O)C5O)CC2)n3Cc2ccccc2)c(C)c1. The van der Waals surface area contributed by atoms with Gasteiger partial charge in [-0.3, -0.25) is 39.0 Å². The molecule has 3 aliphatic heterocycles. The van der Waals surface area contributed by atoms with E-state index in [-0.39, 0.29) is 24.7 Å². The average molecular weight is 959 g/mol. The number of sulfonamides is 1. The van der Waals surface area contributed by atoms with Crippen LogP contribution in [0.3, 0.4) is 0 Å². The van der Waals surface area contributed by atoms with Gasteiger partial charge in [0.2, 0.25) is 17.7 Å². The highest BCUT2D eigenvalue weighted by molar-refractivity contribution is 7.92. The molecule has 0 aliphatic carbocycles. The molecule has 2 atom stereocenters. The zero-order chi connectivity index (χ0) is 48.7. The number of benzene rings is 4. The Labute approximate surface area is 405 Å². The van der Waals surface area contributed by atoms with Gasteiger partial charge in [0, 0.05) is 75.3 Å². The molecule has 4 N–H and O–H groups in total. The molecule has 15 nitrogen and oxygen atoms in total. The Morgan fingerprint density at radius 1 is 0.826 bits per heavy atom. The topological polar surface area (TPSA) is 186 Å². The number of aliphatic hydroxyl groups is 1. The molecular formula is C53H66N8O7S. The maximum absolute atomic E-state index is 13.5. The molecule has 3 aliphatic rings. The number of carbonyl (C=O) groups is 4. The number of aryl methyl sites for hydroxylation is 4. The summed E-state index contributed by atoms with van der Waals surface area (Å²) in [6, 6.07) is 24.3. The lowest BCUT2D eigenvalue weighted by Crippen LogP contribution is -2.53. The molecular weight excluding hydrogens is 893 g/mol. The fourth-order valence-electron chi connectivity index (χ4n) is 10.3. The number of hydrogen-bond donors (Lipinski definition) is 4. The van der Waals surface area contributed by atoms with Gasteiger partial charge in [0.1, 0.15) is 11.9 Å². The van der Waals surface area contributed by atoms with Gasteiger partial charge in [-0.2, -0.15) is 0 Å². The van der Waals surface area contributed by atoms with Crippen LogP contribution in [0.2, 0.25) is 0 Å². The molecule has 0 radical (unpaired) electrons. The minimum absolute atomic E-state index is 0.109. The smallest absolute Gasteiger partial charge is 0.262 e. The molecule has 4 heterocycles. The lowest BCUT2D eigenvalue weighted by Gasteiger charge is -2.36. The Balaban J connectivity index is 0.707. The molecule has 16 heteroatoms. The number of rotatable bonds is 21. The Morgan fingerprint density at radius 2 is 1.55 bits per heavy atom. The summed E-state index contributed by atoms with van der Waals surface area (Å²) in [5.74, 6) is -0.230. The van der Waals surface area contributed by atoms with Crippen molar-refractivity contribution < 1.29 is 32.7 Å². The number of imidazole rings is 1. The van der Waals surface area contributed by atoms with Crippen LogP contribution in [0.1, 0.15) is 121 Å². The predicted octanol–water partition coefficient (Wildman–Crippen LogP) is 7.05. The molecule has 69 heavy (non-hydrogen) atoms. The number of anilines is 2. The highest BCUT2D eigenvalue weighted by atomic mass is 32.2. The molecule has 2 saturated heterocycles. The van der Waals surface area contributed by atoms with Gasteiger partial charge >= 0.3 is 0 Å². The van der Waals surface area contributed by atoms with Crippen LogP contribution < -0.4 is 20.3 Å². The number of unbranched alkanes of at least 4 members (excludes halogenated alkanes) is 6. The normalized spacial score (nSPS) is 17.7.